The normalized spacial score (nSPS) is 12.1. The molecule has 3 rings (SSSR count). The first kappa shape index (κ1) is 20.7. The maximum absolute atomic E-state index is 13.4. The molecule has 3 aromatic rings. The number of anilines is 1. The van der Waals surface area contributed by atoms with Crippen molar-refractivity contribution in [3.05, 3.63) is 52.8 Å². The Morgan fingerprint density at radius 3 is 2.72 bits per heavy atom. The minimum absolute atomic E-state index is 0.0122. The molecule has 29 heavy (non-hydrogen) atoms. The largest absolute Gasteiger partial charge is 0.383 e. The zero-order valence-corrected chi connectivity index (χ0v) is 16.5. The van der Waals surface area contributed by atoms with Gasteiger partial charge in [0.2, 0.25) is 5.95 Å². The topological polar surface area (TPSA) is 91.4 Å². The molecule has 0 bridgehead atoms. The number of nitrogens with zero attached hydrogens (tertiary/aromatic N) is 3. The van der Waals surface area contributed by atoms with Crippen molar-refractivity contribution in [2.75, 3.05) is 25.6 Å². The van der Waals surface area contributed by atoms with E-state index < -0.39 is 11.4 Å². The van der Waals surface area contributed by atoms with E-state index in [2.05, 4.69) is 15.3 Å². The van der Waals surface area contributed by atoms with E-state index in [9.17, 15) is 9.18 Å². The molecule has 1 aromatic carbocycles. The number of rotatable bonds is 9. The number of methoxy groups -OCH3 is 1. The van der Waals surface area contributed by atoms with Crippen molar-refractivity contribution in [1.29, 1.82) is 0 Å². The number of aromatic nitrogens is 3. The van der Waals surface area contributed by atoms with Gasteiger partial charge in [-0.1, -0.05) is 12.1 Å². The number of nitrogens with one attached hydrogen (secondary N) is 1. The summed E-state index contributed by atoms with van der Waals surface area (Å²) in [5.74, 6) is -0.0113. The van der Waals surface area contributed by atoms with Gasteiger partial charge in [0, 0.05) is 26.0 Å². The van der Waals surface area contributed by atoms with Crippen molar-refractivity contribution in [3.63, 3.8) is 0 Å². The minimum atomic E-state index is -0.563. The van der Waals surface area contributed by atoms with Crippen molar-refractivity contribution in [2.24, 2.45) is 0 Å². The molecule has 0 fully saturated rings. The van der Waals surface area contributed by atoms with Gasteiger partial charge in [-0.3, -0.25) is 0 Å². The summed E-state index contributed by atoms with van der Waals surface area (Å²) < 4.78 is 30.6. The number of hydrogen-bond donors (Lipinski definition) is 1. The molecule has 0 amide bonds. The molecule has 0 unspecified atom stereocenters. The van der Waals surface area contributed by atoms with Gasteiger partial charge in [-0.2, -0.15) is 4.74 Å². The summed E-state index contributed by atoms with van der Waals surface area (Å²) in [6.45, 7) is 4.74. The summed E-state index contributed by atoms with van der Waals surface area (Å²) in [6, 6.07) is 7.29. The van der Waals surface area contributed by atoms with Crippen LogP contribution in [0.4, 0.5) is 10.3 Å². The van der Waals surface area contributed by atoms with Crippen LogP contribution < -0.4 is 10.9 Å². The van der Waals surface area contributed by atoms with Crippen LogP contribution in [0, 0.1) is 5.82 Å². The molecule has 0 radical (unpaired) electrons. The van der Waals surface area contributed by atoms with Crippen LogP contribution in [-0.4, -0.2) is 41.1 Å². The lowest BCUT2D eigenvalue weighted by molar-refractivity contribution is 0.0314. The molecule has 2 aromatic heterocycles. The third-order valence-electron chi connectivity index (χ3n) is 4.12. The summed E-state index contributed by atoms with van der Waals surface area (Å²) in [5, 5.41) is 3.14. The van der Waals surface area contributed by atoms with Gasteiger partial charge >= 0.3 is 5.63 Å². The van der Waals surface area contributed by atoms with E-state index in [0.29, 0.717) is 36.1 Å². The molecule has 0 aliphatic carbocycles. The standard InChI is InChI=1S/C20H23FN4O4/c1-4-28-12-25-18(16-9-10-22-20(24-16)23-13(2)11-27-3)17(19(26)29-25)14-5-7-15(21)8-6-14/h5-10,13H,4,11-12H2,1-3H3,(H,22,23,24)/t13-/m0/s1. The molecule has 2 heterocycles. The van der Waals surface area contributed by atoms with Crippen LogP contribution in [0.25, 0.3) is 22.5 Å². The molecular formula is C20H23FN4O4. The van der Waals surface area contributed by atoms with Crippen molar-refractivity contribution in [3.8, 4) is 22.5 Å². The molecular weight excluding hydrogens is 379 g/mol. The Labute approximate surface area is 167 Å². The Kier molecular flexibility index (Phi) is 6.73. The SMILES string of the molecule is CCOCn1oc(=O)c(-c2ccc(F)cc2)c1-c1ccnc(N[C@@H](C)COC)n1. The molecule has 1 atom stereocenters. The van der Waals surface area contributed by atoms with Crippen molar-refractivity contribution in [1.82, 2.24) is 14.7 Å². The monoisotopic (exact) mass is 402 g/mol. The van der Waals surface area contributed by atoms with E-state index >= 15 is 0 Å². The molecule has 9 heteroatoms. The zero-order chi connectivity index (χ0) is 20.8. The van der Waals surface area contributed by atoms with Gasteiger partial charge in [0.1, 0.15) is 11.5 Å². The van der Waals surface area contributed by atoms with E-state index in [1.54, 1.807) is 19.4 Å². The van der Waals surface area contributed by atoms with Gasteiger partial charge in [0.25, 0.3) is 0 Å². The lowest BCUT2D eigenvalue weighted by Crippen LogP contribution is -2.22. The van der Waals surface area contributed by atoms with E-state index in [1.165, 1.54) is 29.0 Å². The van der Waals surface area contributed by atoms with Gasteiger partial charge in [-0.25, -0.2) is 19.2 Å². The Bertz CT molecular complexity index is 1000. The number of halogens is 1. The Morgan fingerprint density at radius 1 is 1.28 bits per heavy atom. The lowest BCUT2D eigenvalue weighted by atomic mass is 10.0. The maximum atomic E-state index is 13.4. The molecule has 1 N–H and O–H groups in total. The maximum Gasteiger partial charge on any atom is 0.366 e. The molecule has 8 nitrogen and oxygen atoms in total. The van der Waals surface area contributed by atoms with Gasteiger partial charge in [-0.15, -0.1) is 0 Å². The predicted octanol–water partition coefficient (Wildman–Crippen LogP) is 3.15. The van der Waals surface area contributed by atoms with E-state index in [1.807, 2.05) is 13.8 Å². The molecule has 0 spiro atoms. The highest BCUT2D eigenvalue weighted by Gasteiger charge is 2.22. The van der Waals surface area contributed by atoms with Crippen molar-refractivity contribution < 1.29 is 18.4 Å². The lowest BCUT2D eigenvalue weighted by Gasteiger charge is -2.13. The fourth-order valence-electron chi connectivity index (χ4n) is 2.88. The molecule has 0 saturated heterocycles. The van der Waals surface area contributed by atoms with Crippen LogP contribution in [0.5, 0.6) is 0 Å². The third-order valence-corrected chi connectivity index (χ3v) is 4.12. The summed E-state index contributed by atoms with van der Waals surface area (Å²) in [5.41, 5.74) is 1.13. The number of benzene rings is 1. The Morgan fingerprint density at radius 2 is 2.03 bits per heavy atom. The summed E-state index contributed by atoms with van der Waals surface area (Å²) in [6.07, 6.45) is 1.58. The summed E-state index contributed by atoms with van der Waals surface area (Å²) in [4.78, 5) is 21.4. The number of hydrogen-bond acceptors (Lipinski definition) is 7. The third kappa shape index (κ3) is 4.87. The molecule has 154 valence electrons. The first-order valence-corrected chi connectivity index (χ1v) is 9.20. The first-order chi connectivity index (χ1) is 14.0. The highest BCUT2D eigenvalue weighted by molar-refractivity contribution is 5.78. The van der Waals surface area contributed by atoms with Crippen LogP contribution >= 0.6 is 0 Å². The summed E-state index contributed by atoms with van der Waals surface area (Å²) >= 11 is 0. The Balaban J connectivity index is 2.09. The Hall–Kier alpha value is -3.04. The highest BCUT2D eigenvalue weighted by Crippen LogP contribution is 2.30. The quantitative estimate of drug-likeness (QED) is 0.588. The average molecular weight is 402 g/mol. The second kappa shape index (κ2) is 9.44. The van der Waals surface area contributed by atoms with Crippen LogP contribution in [-0.2, 0) is 16.2 Å². The van der Waals surface area contributed by atoms with Gasteiger partial charge < -0.3 is 19.3 Å². The van der Waals surface area contributed by atoms with Crippen LogP contribution in [0.3, 0.4) is 0 Å². The van der Waals surface area contributed by atoms with Gasteiger partial charge in [0.15, 0.2) is 6.73 Å². The fraction of sp³-hybridized carbons (Fsp3) is 0.350. The predicted molar refractivity (Wildman–Crippen MR) is 106 cm³/mol. The van der Waals surface area contributed by atoms with E-state index in [-0.39, 0.29) is 18.3 Å². The fourth-order valence-corrected chi connectivity index (χ4v) is 2.88. The molecule has 0 aliphatic heterocycles. The van der Waals surface area contributed by atoms with E-state index in [4.69, 9.17) is 14.0 Å². The van der Waals surface area contributed by atoms with E-state index in [0.717, 1.165) is 0 Å². The van der Waals surface area contributed by atoms with Crippen LogP contribution in [0.1, 0.15) is 13.8 Å². The number of ether oxygens (including phenoxy) is 2. The van der Waals surface area contributed by atoms with Crippen molar-refractivity contribution >= 4 is 5.95 Å². The second-order valence-electron chi connectivity index (χ2n) is 6.38. The molecule has 0 saturated carbocycles. The average Bonchev–Trinajstić information content (AvgIpc) is 3.03. The smallest absolute Gasteiger partial charge is 0.366 e. The van der Waals surface area contributed by atoms with Crippen LogP contribution in [0.2, 0.25) is 0 Å². The van der Waals surface area contributed by atoms with Crippen LogP contribution in [0.15, 0.2) is 45.8 Å². The zero-order valence-electron chi connectivity index (χ0n) is 16.5. The summed E-state index contributed by atoms with van der Waals surface area (Å²) in [7, 11) is 1.61. The van der Waals surface area contributed by atoms with Gasteiger partial charge in [0.05, 0.1) is 17.9 Å². The van der Waals surface area contributed by atoms with Gasteiger partial charge in [-0.05, 0) is 37.6 Å². The minimum Gasteiger partial charge on any atom is -0.383 e. The molecule has 0 aliphatic rings. The highest BCUT2D eigenvalue weighted by atomic mass is 19.1. The second-order valence-corrected chi connectivity index (χ2v) is 6.38. The van der Waals surface area contributed by atoms with Crippen molar-refractivity contribution in [2.45, 2.75) is 26.6 Å². The first-order valence-electron chi connectivity index (χ1n) is 9.20.